The molecule has 0 radical (unpaired) electrons. The molecule has 0 saturated carbocycles. The highest BCUT2D eigenvalue weighted by molar-refractivity contribution is 8.15. The standard InChI is InChI=1S/C15H17N3O2S/c1-9-4-3-5-10(2)13(9)17-12(19)8-11-14(20)18-7-6-16-15(18)21-11/h3-5,11H,6-8H2,1-2H3,(H,17,19)/t11-/m1/s1. The van der Waals surface area contributed by atoms with Crippen LogP contribution >= 0.6 is 11.8 Å². The molecule has 3 rings (SSSR count). The van der Waals surface area contributed by atoms with Gasteiger partial charge in [0.1, 0.15) is 5.25 Å². The predicted octanol–water partition coefficient (Wildman–Crippen LogP) is 1.95. The van der Waals surface area contributed by atoms with E-state index in [2.05, 4.69) is 10.3 Å². The summed E-state index contributed by atoms with van der Waals surface area (Å²) < 4.78 is 0. The number of anilines is 1. The van der Waals surface area contributed by atoms with Crippen LogP contribution in [0.5, 0.6) is 0 Å². The van der Waals surface area contributed by atoms with E-state index in [-0.39, 0.29) is 23.5 Å². The SMILES string of the molecule is Cc1cccc(C)c1NC(=O)C[C@H]1SC2=NCCN2C1=O. The van der Waals surface area contributed by atoms with Gasteiger partial charge in [-0.1, -0.05) is 30.0 Å². The van der Waals surface area contributed by atoms with Crippen molar-refractivity contribution in [3.05, 3.63) is 29.3 Å². The number of carbonyl (C=O) groups excluding carboxylic acids is 2. The molecule has 1 N–H and O–H groups in total. The van der Waals surface area contributed by atoms with Crippen LogP contribution in [0.4, 0.5) is 5.69 Å². The maximum Gasteiger partial charge on any atom is 0.242 e. The molecule has 2 amide bonds. The predicted molar refractivity (Wildman–Crippen MR) is 84.6 cm³/mol. The van der Waals surface area contributed by atoms with E-state index in [0.29, 0.717) is 13.1 Å². The number of fused-ring (bicyclic) bond motifs is 1. The summed E-state index contributed by atoms with van der Waals surface area (Å²) in [5.74, 6) is -0.118. The molecule has 1 aromatic carbocycles. The molecule has 110 valence electrons. The number of aryl methyl sites for hydroxylation is 2. The molecule has 0 unspecified atom stereocenters. The molecule has 21 heavy (non-hydrogen) atoms. The van der Waals surface area contributed by atoms with E-state index in [4.69, 9.17) is 0 Å². The van der Waals surface area contributed by atoms with E-state index in [1.807, 2.05) is 32.0 Å². The van der Waals surface area contributed by atoms with Crippen LogP contribution in [0, 0.1) is 13.8 Å². The Morgan fingerprint density at radius 2 is 2.14 bits per heavy atom. The number of rotatable bonds is 3. The number of para-hydroxylation sites is 1. The third-order valence-electron chi connectivity index (χ3n) is 3.71. The number of benzene rings is 1. The molecule has 0 aromatic heterocycles. The van der Waals surface area contributed by atoms with Gasteiger partial charge in [-0.15, -0.1) is 0 Å². The molecule has 2 heterocycles. The monoisotopic (exact) mass is 303 g/mol. The summed E-state index contributed by atoms with van der Waals surface area (Å²) in [6.07, 6.45) is 0.187. The fourth-order valence-corrected chi connectivity index (χ4v) is 3.77. The van der Waals surface area contributed by atoms with Gasteiger partial charge in [-0.2, -0.15) is 0 Å². The topological polar surface area (TPSA) is 61.8 Å². The number of hydrogen-bond donors (Lipinski definition) is 1. The fourth-order valence-electron chi connectivity index (χ4n) is 2.58. The van der Waals surface area contributed by atoms with Gasteiger partial charge in [-0.25, -0.2) is 0 Å². The van der Waals surface area contributed by atoms with Crippen molar-refractivity contribution in [1.82, 2.24) is 4.90 Å². The van der Waals surface area contributed by atoms with Gasteiger partial charge >= 0.3 is 0 Å². The van der Waals surface area contributed by atoms with Gasteiger partial charge in [-0.05, 0) is 25.0 Å². The minimum atomic E-state index is -0.339. The maximum absolute atomic E-state index is 12.2. The number of nitrogens with one attached hydrogen (secondary N) is 1. The first-order chi connectivity index (χ1) is 10.1. The normalized spacial score (nSPS) is 20.5. The van der Waals surface area contributed by atoms with Gasteiger partial charge in [0.15, 0.2) is 5.17 Å². The fraction of sp³-hybridized carbons (Fsp3) is 0.400. The minimum absolute atomic E-state index is 0.00732. The molecular formula is C15H17N3O2S. The number of hydrogen-bond acceptors (Lipinski definition) is 4. The lowest BCUT2D eigenvalue weighted by Crippen LogP contribution is -2.32. The van der Waals surface area contributed by atoms with Gasteiger partial charge in [0, 0.05) is 18.7 Å². The van der Waals surface area contributed by atoms with E-state index < -0.39 is 0 Å². The number of amidine groups is 1. The van der Waals surface area contributed by atoms with Crippen LogP contribution in [0.15, 0.2) is 23.2 Å². The Morgan fingerprint density at radius 1 is 1.43 bits per heavy atom. The average Bonchev–Trinajstić information content (AvgIpc) is 2.99. The Bertz CT molecular complexity index is 622. The smallest absolute Gasteiger partial charge is 0.242 e. The molecule has 1 fully saturated rings. The molecule has 2 aliphatic heterocycles. The number of carbonyl (C=O) groups is 2. The molecule has 5 nitrogen and oxygen atoms in total. The minimum Gasteiger partial charge on any atom is -0.326 e. The zero-order chi connectivity index (χ0) is 15.0. The Morgan fingerprint density at radius 3 is 2.81 bits per heavy atom. The Labute approximate surface area is 127 Å². The van der Waals surface area contributed by atoms with Crippen LogP contribution in [0.2, 0.25) is 0 Å². The highest BCUT2D eigenvalue weighted by atomic mass is 32.2. The number of amides is 2. The van der Waals surface area contributed by atoms with Crippen molar-refractivity contribution in [2.24, 2.45) is 4.99 Å². The zero-order valence-corrected chi connectivity index (χ0v) is 12.9. The lowest BCUT2D eigenvalue weighted by Gasteiger charge is -2.13. The second-order valence-electron chi connectivity index (χ2n) is 5.28. The van der Waals surface area contributed by atoms with E-state index in [9.17, 15) is 9.59 Å². The summed E-state index contributed by atoms with van der Waals surface area (Å²) in [6.45, 7) is 5.25. The molecule has 1 atom stereocenters. The van der Waals surface area contributed by atoms with Crippen molar-refractivity contribution in [1.29, 1.82) is 0 Å². The van der Waals surface area contributed by atoms with Crippen LogP contribution < -0.4 is 5.32 Å². The number of aliphatic imine (C=N–C) groups is 1. The molecular weight excluding hydrogens is 286 g/mol. The van der Waals surface area contributed by atoms with Crippen molar-refractivity contribution in [3.8, 4) is 0 Å². The van der Waals surface area contributed by atoms with E-state index in [1.165, 1.54) is 11.8 Å². The summed E-state index contributed by atoms with van der Waals surface area (Å²) >= 11 is 1.40. The Hall–Kier alpha value is -1.82. The molecule has 0 bridgehead atoms. The third-order valence-corrected chi connectivity index (χ3v) is 4.92. The van der Waals surface area contributed by atoms with Crippen LogP contribution in [-0.4, -0.2) is 40.2 Å². The van der Waals surface area contributed by atoms with Crippen molar-refractivity contribution >= 4 is 34.4 Å². The first-order valence-electron chi connectivity index (χ1n) is 6.95. The number of nitrogens with zero attached hydrogens (tertiary/aromatic N) is 2. The van der Waals surface area contributed by atoms with E-state index in [1.54, 1.807) is 4.90 Å². The Balaban J connectivity index is 1.66. The van der Waals surface area contributed by atoms with Gasteiger partial charge < -0.3 is 5.32 Å². The van der Waals surface area contributed by atoms with Crippen LogP contribution in [0.25, 0.3) is 0 Å². The lowest BCUT2D eigenvalue weighted by molar-refractivity contribution is -0.127. The summed E-state index contributed by atoms with van der Waals surface area (Å²) in [5.41, 5.74) is 2.90. The van der Waals surface area contributed by atoms with Gasteiger partial charge in [-0.3, -0.25) is 19.5 Å². The number of thioether (sulfide) groups is 1. The first kappa shape index (κ1) is 14.1. The molecule has 1 saturated heterocycles. The quantitative estimate of drug-likeness (QED) is 0.928. The molecule has 0 spiro atoms. The van der Waals surface area contributed by atoms with Crippen LogP contribution in [0.1, 0.15) is 17.5 Å². The van der Waals surface area contributed by atoms with E-state index in [0.717, 1.165) is 22.0 Å². The first-order valence-corrected chi connectivity index (χ1v) is 7.83. The summed E-state index contributed by atoms with van der Waals surface area (Å²) in [5, 5.41) is 3.36. The highest BCUT2D eigenvalue weighted by Crippen LogP contribution is 2.32. The molecule has 1 aromatic rings. The van der Waals surface area contributed by atoms with Crippen LogP contribution in [-0.2, 0) is 9.59 Å². The molecule has 6 heteroatoms. The van der Waals surface area contributed by atoms with Crippen molar-refractivity contribution < 1.29 is 9.59 Å². The highest BCUT2D eigenvalue weighted by Gasteiger charge is 2.40. The van der Waals surface area contributed by atoms with Gasteiger partial charge in [0.2, 0.25) is 11.8 Å². The average molecular weight is 303 g/mol. The molecule has 0 aliphatic carbocycles. The van der Waals surface area contributed by atoms with Crippen molar-refractivity contribution in [3.63, 3.8) is 0 Å². The van der Waals surface area contributed by atoms with Gasteiger partial charge in [0.05, 0.1) is 6.54 Å². The summed E-state index contributed by atoms with van der Waals surface area (Å²) in [7, 11) is 0. The summed E-state index contributed by atoms with van der Waals surface area (Å²) in [6, 6.07) is 5.88. The van der Waals surface area contributed by atoms with Crippen molar-refractivity contribution in [2.75, 3.05) is 18.4 Å². The second kappa shape index (κ2) is 5.52. The van der Waals surface area contributed by atoms with E-state index >= 15 is 0 Å². The van der Waals surface area contributed by atoms with Crippen molar-refractivity contribution in [2.45, 2.75) is 25.5 Å². The second-order valence-corrected chi connectivity index (χ2v) is 6.45. The third kappa shape index (κ3) is 2.68. The largest absolute Gasteiger partial charge is 0.326 e. The zero-order valence-electron chi connectivity index (χ0n) is 12.0. The molecule has 2 aliphatic rings. The van der Waals surface area contributed by atoms with Gasteiger partial charge in [0.25, 0.3) is 0 Å². The maximum atomic E-state index is 12.2. The summed E-state index contributed by atoms with van der Waals surface area (Å²) in [4.78, 5) is 30.3. The lowest BCUT2D eigenvalue weighted by atomic mass is 10.1. The Kier molecular flexibility index (Phi) is 3.71. The van der Waals surface area contributed by atoms with Crippen LogP contribution in [0.3, 0.4) is 0 Å².